The molecule has 1 fully saturated rings. The van der Waals surface area contributed by atoms with Crippen molar-refractivity contribution in [2.45, 2.75) is 6.10 Å². The Morgan fingerprint density at radius 1 is 1.37 bits per heavy atom. The van der Waals surface area contributed by atoms with Crippen molar-refractivity contribution in [1.29, 1.82) is 0 Å². The van der Waals surface area contributed by atoms with Gasteiger partial charge in [-0.25, -0.2) is 4.79 Å². The second kappa shape index (κ2) is 6.14. The maximum atomic E-state index is 12.0. The second-order valence-corrected chi connectivity index (χ2v) is 5.25. The molecular formula is C12H15NO5S. The zero-order valence-electron chi connectivity index (χ0n) is 10.5. The van der Waals surface area contributed by atoms with E-state index in [1.165, 1.54) is 6.07 Å². The Labute approximate surface area is 114 Å². The fraction of sp³-hybridized carbons (Fsp3) is 0.500. The number of hydrogen-bond acceptors (Lipinski definition) is 5. The van der Waals surface area contributed by atoms with Gasteiger partial charge in [-0.3, -0.25) is 4.79 Å². The van der Waals surface area contributed by atoms with Gasteiger partial charge in [0, 0.05) is 20.2 Å². The number of aromatic carboxylic acids is 1. The van der Waals surface area contributed by atoms with Gasteiger partial charge in [-0.05, 0) is 12.1 Å². The largest absolute Gasteiger partial charge is 0.477 e. The Morgan fingerprint density at radius 2 is 2.05 bits per heavy atom. The number of thiophene rings is 1. The van der Waals surface area contributed by atoms with E-state index in [4.69, 9.17) is 14.6 Å². The van der Waals surface area contributed by atoms with Crippen LogP contribution in [-0.2, 0) is 9.47 Å². The molecule has 0 atom stereocenters. The second-order valence-electron chi connectivity index (χ2n) is 4.16. The third-order valence-electron chi connectivity index (χ3n) is 2.80. The molecule has 104 valence electrons. The molecule has 2 rings (SSSR count). The zero-order valence-corrected chi connectivity index (χ0v) is 11.3. The van der Waals surface area contributed by atoms with Crippen LogP contribution in [0.4, 0.5) is 0 Å². The van der Waals surface area contributed by atoms with Gasteiger partial charge in [0.25, 0.3) is 5.91 Å². The lowest BCUT2D eigenvalue weighted by molar-refractivity contribution is -0.0553. The quantitative estimate of drug-likeness (QED) is 0.787. The van der Waals surface area contributed by atoms with Crippen LogP contribution in [-0.4, -0.2) is 61.4 Å². The molecular weight excluding hydrogens is 270 g/mol. The molecule has 19 heavy (non-hydrogen) atoms. The molecule has 0 aromatic carbocycles. The minimum absolute atomic E-state index is 0.0537. The van der Waals surface area contributed by atoms with Gasteiger partial charge in [0.05, 0.1) is 24.2 Å². The standard InChI is InChI=1S/C12H15NO5S/c1-17-4-5-18-8-6-13(7-8)11(14)9-2-3-10(19-9)12(15)16/h2-3,8H,4-7H2,1H3,(H,15,16). The number of carbonyl (C=O) groups excluding carboxylic acids is 1. The first-order valence-electron chi connectivity index (χ1n) is 5.84. The molecule has 0 radical (unpaired) electrons. The number of rotatable bonds is 6. The summed E-state index contributed by atoms with van der Waals surface area (Å²) >= 11 is 0.998. The van der Waals surface area contributed by atoms with E-state index in [0.717, 1.165) is 11.3 Å². The van der Waals surface area contributed by atoms with E-state index in [1.54, 1.807) is 18.1 Å². The van der Waals surface area contributed by atoms with Crippen molar-refractivity contribution in [3.8, 4) is 0 Å². The van der Waals surface area contributed by atoms with E-state index in [-0.39, 0.29) is 16.9 Å². The molecule has 1 saturated heterocycles. The van der Waals surface area contributed by atoms with Crippen LogP contribution < -0.4 is 0 Å². The molecule has 1 aliphatic rings. The van der Waals surface area contributed by atoms with Gasteiger partial charge in [0.1, 0.15) is 4.88 Å². The summed E-state index contributed by atoms with van der Waals surface area (Å²) in [7, 11) is 1.61. The maximum absolute atomic E-state index is 12.0. The molecule has 0 aliphatic carbocycles. The molecule has 1 aliphatic heterocycles. The van der Waals surface area contributed by atoms with E-state index in [9.17, 15) is 9.59 Å². The number of methoxy groups -OCH3 is 1. The van der Waals surface area contributed by atoms with Gasteiger partial charge < -0.3 is 19.5 Å². The number of carboxylic acid groups (broad SMARTS) is 1. The van der Waals surface area contributed by atoms with Crippen molar-refractivity contribution in [1.82, 2.24) is 4.90 Å². The number of amides is 1. The van der Waals surface area contributed by atoms with Gasteiger partial charge in [0.2, 0.25) is 0 Å². The minimum Gasteiger partial charge on any atom is -0.477 e. The first-order chi connectivity index (χ1) is 9.11. The fourth-order valence-corrected chi connectivity index (χ4v) is 2.54. The number of carboxylic acids is 1. The molecule has 1 aromatic rings. The lowest BCUT2D eigenvalue weighted by Crippen LogP contribution is -2.54. The van der Waals surface area contributed by atoms with Crippen molar-refractivity contribution < 1.29 is 24.2 Å². The molecule has 6 nitrogen and oxygen atoms in total. The molecule has 0 saturated carbocycles. The van der Waals surface area contributed by atoms with Crippen LogP contribution in [0.2, 0.25) is 0 Å². The van der Waals surface area contributed by atoms with Gasteiger partial charge in [0.15, 0.2) is 0 Å². The van der Waals surface area contributed by atoms with Crippen molar-refractivity contribution >= 4 is 23.2 Å². The van der Waals surface area contributed by atoms with E-state index in [2.05, 4.69) is 0 Å². The summed E-state index contributed by atoms with van der Waals surface area (Å²) in [6.45, 7) is 2.15. The smallest absolute Gasteiger partial charge is 0.345 e. The minimum atomic E-state index is -1.01. The maximum Gasteiger partial charge on any atom is 0.345 e. The number of likely N-dealkylation sites (tertiary alicyclic amines) is 1. The Balaban J connectivity index is 1.80. The topological polar surface area (TPSA) is 76.1 Å². The average Bonchev–Trinajstić information content (AvgIpc) is 2.81. The Bertz CT molecular complexity index is 466. The summed E-state index contributed by atoms with van der Waals surface area (Å²) in [5.74, 6) is -1.14. The highest BCUT2D eigenvalue weighted by atomic mass is 32.1. The van der Waals surface area contributed by atoms with Gasteiger partial charge in [-0.2, -0.15) is 0 Å². The number of nitrogens with zero attached hydrogens (tertiary/aromatic N) is 1. The molecule has 2 heterocycles. The lowest BCUT2D eigenvalue weighted by Gasteiger charge is -2.38. The molecule has 0 bridgehead atoms. The first-order valence-corrected chi connectivity index (χ1v) is 6.66. The number of carbonyl (C=O) groups is 2. The number of hydrogen-bond donors (Lipinski definition) is 1. The summed E-state index contributed by atoms with van der Waals surface area (Å²) in [5.41, 5.74) is 0. The molecule has 0 unspecified atom stereocenters. The van der Waals surface area contributed by atoms with E-state index >= 15 is 0 Å². The third-order valence-corrected chi connectivity index (χ3v) is 3.87. The van der Waals surface area contributed by atoms with Gasteiger partial charge >= 0.3 is 5.97 Å². The first kappa shape index (κ1) is 14.0. The van der Waals surface area contributed by atoms with Crippen LogP contribution in [0.3, 0.4) is 0 Å². The summed E-state index contributed by atoms with van der Waals surface area (Å²) in [6, 6.07) is 3.00. The molecule has 0 spiro atoms. The molecule has 1 N–H and O–H groups in total. The van der Waals surface area contributed by atoms with Crippen LogP contribution >= 0.6 is 11.3 Å². The van der Waals surface area contributed by atoms with Crippen molar-refractivity contribution in [2.75, 3.05) is 33.4 Å². The third kappa shape index (κ3) is 3.31. The SMILES string of the molecule is COCCOC1CN(C(=O)c2ccc(C(=O)O)s2)C1. The van der Waals surface area contributed by atoms with E-state index in [1.807, 2.05) is 0 Å². The van der Waals surface area contributed by atoms with Crippen molar-refractivity contribution in [2.24, 2.45) is 0 Å². The van der Waals surface area contributed by atoms with Crippen molar-refractivity contribution in [3.63, 3.8) is 0 Å². The lowest BCUT2D eigenvalue weighted by atomic mass is 10.1. The summed E-state index contributed by atoms with van der Waals surface area (Å²) in [6.07, 6.45) is 0.0537. The Morgan fingerprint density at radius 3 is 2.63 bits per heavy atom. The Kier molecular flexibility index (Phi) is 4.52. The fourth-order valence-electron chi connectivity index (χ4n) is 1.73. The summed E-state index contributed by atoms with van der Waals surface area (Å²) < 4.78 is 10.3. The predicted molar refractivity (Wildman–Crippen MR) is 68.8 cm³/mol. The zero-order chi connectivity index (χ0) is 13.8. The monoisotopic (exact) mass is 285 g/mol. The van der Waals surface area contributed by atoms with Crippen LogP contribution in [0.15, 0.2) is 12.1 Å². The highest BCUT2D eigenvalue weighted by Crippen LogP contribution is 2.22. The summed E-state index contributed by atoms with van der Waals surface area (Å²) in [4.78, 5) is 25.0. The van der Waals surface area contributed by atoms with Crippen molar-refractivity contribution in [3.05, 3.63) is 21.9 Å². The molecule has 1 amide bonds. The normalized spacial score (nSPS) is 15.3. The average molecular weight is 285 g/mol. The highest BCUT2D eigenvalue weighted by Gasteiger charge is 2.32. The predicted octanol–water partition coefficient (Wildman–Crippen LogP) is 0.934. The summed E-state index contributed by atoms with van der Waals surface area (Å²) in [5, 5.41) is 8.81. The molecule has 7 heteroatoms. The van der Waals surface area contributed by atoms with Gasteiger partial charge in [-0.1, -0.05) is 0 Å². The van der Waals surface area contributed by atoms with Crippen LogP contribution in [0.1, 0.15) is 19.3 Å². The van der Waals surface area contributed by atoms with E-state index in [0.29, 0.717) is 31.2 Å². The van der Waals surface area contributed by atoms with E-state index < -0.39 is 5.97 Å². The van der Waals surface area contributed by atoms with Crippen LogP contribution in [0.5, 0.6) is 0 Å². The Hall–Kier alpha value is -1.44. The number of ether oxygens (including phenoxy) is 2. The van der Waals surface area contributed by atoms with Crippen LogP contribution in [0, 0.1) is 0 Å². The highest BCUT2D eigenvalue weighted by molar-refractivity contribution is 7.15. The van der Waals surface area contributed by atoms with Gasteiger partial charge in [-0.15, -0.1) is 11.3 Å². The van der Waals surface area contributed by atoms with Crippen LogP contribution in [0.25, 0.3) is 0 Å². The molecule has 1 aromatic heterocycles.